The zero-order valence-corrected chi connectivity index (χ0v) is 11.8. The molecule has 1 saturated heterocycles. The Hall–Kier alpha value is -1.95. The Bertz CT molecular complexity index is 436. The molecule has 6 heteroatoms. The standard InChI is InChI=1S/C14H20N2O4/c1-18-12-7-11(8-13(9-12)19-2)10-15-14(17)16-3-5-20-6-4-16/h7-9H,3-6,10H2,1-2H3,(H,15,17). The molecule has 0 unspecified atom stereocenters. The van der Waals surface area contributed by atoms with Gasteiger partial charge in [0, 0.05) is 25.7 Å². The number of nitrogens with one attached hydrogen (secondary N) is 1. The largest absolute Gasteiger partial charge is 0.497 e. The van der Waals surface area contributed by atoms with Gasteiger partial charge < -0.3 is 24.4 Å². The molecule has 1 aliphatic heterocycles. The SMILES string of the molecule is COc1cc(CNC(=O)N2CCOCC2)cc(OC)c1. The van der Waals surface area contributed by atoms with Crippen molar-refractivity contribution >= 4 is 6.03 Å². The Labute approximate surface area is 118 Å². The molecule has 1 N–H and O–H groups in total. The van der Waals surface area contributed by atoms with Gasteiger partial charge in [0.15, 0.2) is 0 Å². The lowest BCUT2D eigenvalue weighted by molar-refractivity contribution is 0.0531. The van der Waals surface area contributed by atoms with E-state index in [9.17, 15) is 4.79 Å². The number of morpholine rings is 1. The molecular weight excluding hydrogens is 260 g/mol. The number of ether oxygens (including phenoxy) is 3. The summed E-state index contributed by atoms with van der Waals surface area (Å²) in [5.41, 5.74) is 0.933. The highest BCUT2D eigenvalue weighted by atomic mass is 16.5. The number of urea groups is 1. The fourth-order valence-corrected chi connectivity index (χ4v) is 2.02. The number of methoxy groups -OCH3 is 2. The summed E-state index contributed by atoms with van der Waals surface area (Å²) in [7, 11) is 3.20. The lowest BCUT2D eigenvalue weighted by atomic mass is 10.2. The predicted molar refractivity (Wildman–Crippen MR) is 74.2 cm³/mol. The first-order chi connectivity index (χ1) is 9.72. The minimum Gasteiger partial charge on any atom is -0.497 e. The van der Waals surface area contributed by atoms with Gasteiger partial charge in [0.05, 0.1) is 27.4 Å². The number of hydrogen-bond acceptors (Lipinski definition) is 4. The van der Waals surface area contributed by atoms with E-state index in [0.717, 1.165) is 5.56 Å². The Morgan fingerprint density at radius 2 is 1.80 bits per heavy atom. The van der Waals surface area contributed by atoms with E-state index in [1.807, 2.05) is 12.1 Å². The number of nitrogens with zero attached hydrogens (tertiary/aromatic N) is 1. The summed E-state index contributed by atoms with van der Waals surface area (Å²) in [6.07, 6.45) is 0. The van der Waals surface area contributed by atoms with E-state index in [0.29, 0.717) is 44.3 Å². The molecule has 0 aromatic heterocycles. The number of benzene rings is 1. The van der Waals surface area contributed by atoms with Gasteiger partial charge in [0.2, 0.25) is 0 Å². The Morgan fingerprint density at radius 1 is 1.20 bits per heavy atom. The van der Waals surface area contributed by atoms with E-state index < -0.39 is 0 Å². The molecule has 0 aliphatic carbocycles. The molecule has 0 radical (unpaired) electrons. The monoisotopic (exact) mass is 280 g/mol. The van der Waals surface area contributed by atoms with Crippen molar-refractivity contribution in [2.75, 3.05) is 40.5 Å². The van der Waals surface area contributed by atoms with Crippen LogP contribution >= 0.6 is 0 Å². The summed E-state index contributed by atoms with van der Waals surface area (Å²) < 4.78 is 15.6. The van der Waals surface area contributed by atoms with Gasteiger partial charge >= 0.3 is 6.03 Å². The molecule has 1 aromatic rings. The van der Waals surface area contributed by atoms with Crippen molar-refractivity contribution in [1.82, 2.24) is 10.2 Å². The Kier molecular flexibility index (Phi) is 5.06. The third-order valence-corrected chi connectivity index (χ3v) is 3.15. The van der Waals surface area contributed by atoms with Gasteiger partial charge in [-0.05, 0) is 17.7 Å². The van der Waals surface area contributed by atoms with Crippen LogP contribution < -0.4 is 14.8 Å². The Morgan fingerprint density at radius 3 is 2.35 bits per heavy atom. The van der Waals surface area contributed by atoms with Crippen molar-refractivity contribution < 1.29 is 19.0 Å². The summed E-state index contributed by atoms with van der Waals surface area (Å²) >= 11 is 0. The normalized spacial score (nSPS) is 14.8. The van der Waals surface area contributed by atoms with Crippen molar-refractivity contribution in [2.24, 2.45) is 0 Å². The number of hydrogen-bond donors (Lipinski definition) is 1. The van der Waals surface area contributed by atoms with Gasteiger partial charge in [-0.3, -0.25) is 0 Å². The molecule has 1 aromatic carbocycles. The van der Waals surface area contributed by atoms with E-state index in [2.05, 4.69) is 5.32 Å². The third-order valence-electron chi connectivity index (χ3n) is 3.15. The quantitative estimate of drug-likeness (QED) is 0.901. The third kappa shape index (κ3) is 3.77. The maximum absolute atomic E-state index is 12.0. The summed E-state index contributed by atoms with van der Waals surface area (Å²) in [6, 6.07) is 5.48. The van der Waals surface area contributed by atoms with Gasteiger partial charge in [-0.1, -0.05) is 0 Å². The van der Waals surface area contributed by atoms with Crippen molar-refractivity contribution in [3.05, 3.63) is 23.8 Å². The molecule has 1 fully saturated rings. The van der Waals surface area contributed by atoms with Crippen LogP contribution in [0.1, 0.15) is 5.56 Å². The van der Waals surface area contributed by atoms with E-state index in [1.54, 1.807) is 25.2 Å². The second kappa shape index (κ2) is 7.00. The van der Waals surface area contributed by atoms with Gasteiger partial charge in [0.1, 0.15) is 11.5 Å². The second-order valence-corrected chi connectivity index (χ2v) is 4.48. The molecule has 0 saturated carbocycles. The minimum absolute atomic E-state index is 0.0740. The molecule has 1 aliphatic rings. The highest BCUT2D eigenvalue weighted by Crippen LogP contribution is 2.22. The Balaban J connectivity index is 1.94. The molecule has 20 heavy (non-hydrogen) atoms. The summed E-state index contributed by atoms with van der Waals surface area (Å²) in [6.45, 7) is 2.89. The zero-order chi connectivity index (χ0) is 14.4. The van der Waals surface area contributed by atoms with Gasteiger partial charge in [0.25, 0.3) is 0 Å². The van der Waals surface area contributed by atoms with Crippen molar-refractivity contribution in [1.29, 1.82) is 0 Å². The fourth-order valence-electron chi connectivity index (χ4n) is 2.02. The maximum Gasteiger partial charge on any atom is 0.317 e. The maximum atomic E-state index is 12.0. The molecular formula is C14H20N2O4. The van der Waals surface area contributed by atoms with Crippen LogP contribution in [-0.4, -0.2) is 51.5 Å². The first-order valence-electron chi connectivity index (χ1n) is 6.55. The highest BCUT2D eigenvalue weighted by Gasteiger charge is 2.16. The van der Waals surface area contributed by atoms with Crippen LogP contribution in [0.25, 0.3) is 0 Å². The molecule has 0 spiro atoms. The second-order valence-electron chi connectivity index (χ2n) is 4.48. The summed E-state index contributed by atoms with van der Waals surface area (Å²) in [5, 5.41) is 2.89. The molecule has 2 amide bonds. The number of carbonyl (C=O) groups excluding carboxylic acids is 1. The number of rotatable bonds is 4. The molecule has 0 bridgehead atoms. The van der Waals surface area contributed by atoms with E-state index >= 15 is 0 Å². The molecule has 2 rings (SSSR count). The van der Waals surface area contributed by atoms with Gasteiger partial charge in [-0.2, -0.15) is 0 Å². The van der Waals surface area contributed by atoms with E-state index in [4.69, 9.17) is 14.2 Å². The minimum atomic E-state index is -0.0740. The van der Waals surface area contributed by atoms with Crippen molar-refractivity contribution in [3.63, 3.8) is 0 Å². The van der Waals surface area contributed by atoms with Crippen LogP contribution in [0.3, 0.4) is 0 Å². The number of carbonyl (C=O) groups is 1. The van der Waals surface area contributed by atoms with Crippen LogP contribution in [0.2, 0.25) is 0 Å². The lowest BCUT2D eigenvalue weighted by Gasteiger charge is -2.27. The van der Waals surface area contributed by atoms with Crippen molar-refractivity contribution in [2.45, 2.75) is 6.54 Å². The summed E-state index contributed by atoms with van der Waals surface area (Å²) in [5.74, 6) is 1.42. The van der Waals surface area contributed by atoms with Gasteiger partial charge in [-0.25, -0.2) is 4.79 Å². The molecule has 0 atom stereocenters. The molecule has 6 nitrogen and oxygen atoms in total. The smallest absolute Gasteiger partial charge is 0.317 e. The fraction of sp³-hybridized carbons (Fsp3) is 0.500. The average molecular weight is 280 g/mol. The van der Waals surface area contributed by atoms with Crippen LogP contribution in [0.4, 0.5) is 4.79 Å². The number of amides is 2. The lowest BCUT2D eigenvalue weighted by Crippen LogP contribution is -2.45. The van der Waals surface area contributed by atoms with Crippen LogP contribution in [0, 0.1) is 0 Å². The van der Waals surface area contributed by atoms with Gasteiger partial charge in [-0.15, -0.1) is 0 Å². The zero-order valence-electron chi connectivity index (χ0n) is 11.8. The first kappa shape index (κ1) is 14.5. The first-order valence-corrected chi connectivity index (χ1v) is 6.55. The van der Waals surface area contributed by atoms with Crippen LogP contribution in [0.5, 0.6) is 11.5 Å². The van der Waals surface area contributed by atoms with Crippen LogP contribution in [-0.2, 0) is 11.3 Å². The predicted octanol–water partition coefficient (Wildman–Crippen LogP) is 1.25. The topological polar surface area (TPSA) is 60.0 Å². The van der Waals surface area contributed by atoms with E-state index in [-0.39, 0.29) is 6.03 Å². The van der Waals surface area contributed by atoms with E-state index in [1.165, 1.54) is 0 Å². The summed E-state index contributed by atoms with van der Waals surface area (Å²) in [4.78, 5) is 13.7. The average Bonchev–Trinajstić information content (AvgIpc) is 2.53. The van der Waals surface area contributed by atoms with Crippen molar-refractivity contribution in [3.8, 4) is 11.5 Å². The molecule has 110 valence electrons. The van der Waals surface area contributed by atoms with Crippen LogP contribution in [0.15, 0.2) is 18.2 Å². The highest BCUT2D eigenvalue weighted by molar-refractivity contribution is 5.74. The molecule has 1 heterocycles.